The molecule has 0 bridgehead atoms. The first-order chi connectivity index (χ1) is 7.43. The molecule has 0 fully saturated rings. The first-order valence-corrected chi connectivity index (χ1v) is 5.13. The van der Waals surface area contributed by atoms with Crippen molar-refractivity contribution in [2.24, 2.45) is 0 Å². The highest BCUT2D eigenvalue weighted by Gasteiger charge is 2.22. The molecule has 0 aliphatic carbocycles. The predicted octanol–water partition coefficient (Wildman–Crippen LogP) is 2.29. The quantitative estimate of drug-likeness (QED) is 0.854. The zero-order valence-electron chi connectivity index (χ0n) is 9.64. The van der Waals surface area contributed by atoms with Crippen LogP contribution in [0.4, 0.5) is 4.39 Å². The van der Waals surface area contributed by atoms with Crippen molar-refractivity contribution >= 4 is 5.97 Å². The number of aliphatic carboxylic acids is 1. The molecule has 0 aliphatic rings. The summed E-state index contributed by atoms with van der Waals surface area (Å²) >= 11 is 0. The zero-order valence-corrected chi connectivity index (χ0v) is 9.64. The summed E-state index contributed by atoms with van der Waals surface area (Å²) in [5, 5.41) is 8.89. The van der Waals surface area contributed by atoms with Crippen molar-refractivity contribution in [1.29, 1.82) is 0 Å². The van der Waals surface area contributed by atoms with Crippen molar-refractivity contribution in [2.75, 3.05) is 7.05 Å². The fourth-order valence-electron chi connectivity index (χ4n) is 1.49. The van der Waals surface area contributed by atoms with Crippen LogP contribution in [0.1, 0.15) is 25.5 Å². The van der Waals surface area contributed by atoms with Gasteiger partial charge in [-0.1, -0.05) is 12.1 Å². The van der Waals surface area contributed by atoms with Crippen molar-refractivity contribution in [3.63, 3.8) is 0 Å². The maximum Gasteiger partial charge on any atom is 0.320 e. The minimum atomic E-state index is -0.864. The van der Waals surface area contributed by atoms with Gasteiger partial charge in [-0.05, 0) is 38.6 Å². The fraction of sp³-hybridized carbons (Fsp3) is 0.417. The Hall–Kier alpha value is -1.42. The summed E-state index contributed by atoms with van der Waals surface area (Å²) in [6.07, 6.45) is 0. The second-order valence-corrected chi connectivity index (χ2v) is 3.91. The van der Waals surface area contributed by atoms with E-state index < -0.39 is 12.0 Å². The van der Waals surface area contributed by atoms with Crippen LogP contribution < -0.4 is 0 Å². The normalized spacial score (nSPS) is 14.8. The van der Waals surface area contributed by atoms with Crippen molar-refractivity contribution < 1.29 is 14.3 Å². The lowest BCUT2D eigenvalue weighted by molar-refractivity contribution is -0.142. The van der Waals surface area contributed by atoms with E-state index in [1.807, 2.05) is 6.92 Å². The Labute approximate surface area is 94.5 Å². The molecule has 0 saturated heterocycles. The average molecular weight is 225 g/mol. The minimum Gasteiger partial charge on any atom is -0.480 e. The van der Waals surface area contributed by atoms with Crippen LogP contribution in [0.3, 0.4) is 0 Å². The number of benzene rings is 1. The Morgan fingerprint density at radius 3 is 2.25 bits per heavy atom. The van der Waals surface area contributed by atoms with E-state index in [4.69, 9.17) is 5.11 Å². The fourth-order valence-corrected chi connectivity index (χ4v) is 1.49. The van der Waals surface area contributed by atoms with E-state index in [9.17, 15) is 9.18 Å². The predicted molar refractivity (Wildman–Crippen MR) is 59.7 cm³/mol. The molecular weight excluding hydrogens is 209 g/mol. The molecule has 4 heteroatoms. The van der Waals surface area contributed by atoms with Crippen molar-refractivity contribution in [3.8, 4) is 0 Å². The molecule has 88 valence electrons. The van der Waals surface area contributed by atoms with E-state index in [0.29, 0.717) is 0 Å². The molecule has 1 rings (SSSR count). The monoisotopic (exact) mass is 225 g/mol. The molecule has 1 aromatic carbocycles. The molecule has 1 N–H and O–H groups in total. The van der Waals surface area contributed by atoms with Gasteiger partial charge in [-0.2, -0.15) is 0 Å². The number of hydrogen-bond donors (Lipinski definition) is 1. The Morgan fingerprint density at radius 2 is 1.81 bits per heavy atom. The van der Waals surface area contributed by atoms with Gasteiger partial charge in [0.25, 0.3) is 0 Å². The molecular formula is C12H16FNO2. The van der Waals surface area contributed by atoms with E-state index >= 15 is 0 Å². The van der Waals surface area contributed by atoms with Crippen LogP contribution in [0.15, 0.2) is 24.3 Å². The zero-order chi connectivity index (χ0) is 12.3. The molecule has 1 aromatic rings. The molecule has 0 heterocycles. The third kappa shape index (κ3) is 2.79. The van der Waals surface area contributed by atoms with Crippen LogP contribution in [-0.4, -0.2) is 29.1 Å². The lowest BCUT2D eigenvalue weighted by atomic mass is 10.1. The molecule has 2 atom stereocenters. The van der Waals surface area contributed by atoms with Crippen LogP contribution >= 0.6 is 0 Å². The molecule has 0 saturated carbocycles. The van der Waals surface area contributed by atoms with Gasteiger partial charge in [0.1, 0.15) is 11.9 Å². The topological polar surface area (TPSA) is 40.5 Å². The third-order valence-corrected chi connectivity index (χ3v) is 2.93. The van der Waals surface area contributed by atoms with Gasteiger partial charge in [0.2, 0.25) is 0 Å². The number of carbonyl (C=O) groups is 1. The Bertz CT molecular complexity index is 364. The van der Waals surface area contributed by atoms with E-state index in [-0.39, 0.29) is 11.9 Å². The van der Waals surface area contributed by atoms with E-state index in [2.05, 4.69) is 0 Å². The number of hydrogen-bond acceptors (Lipinski definition) is 2. The van der Waals surface area contributed by atoms with Crippen molar-refractivity contribution in [2.45, 2.75) is 25.9 Å². The van der Waals surface area contributed by atoms with Crippen molar-refractivity contribution in [1.82, 2.24) is 4.90 Å². The molecule has 16 heavy (non-hydrogen) atoms. The highest BCUT2D eigenvalue weighted by molar-refractivity contribution is 5.72. The van der Waals surface area contributed by atoms with E-state index in [0.717, 1.165) is 5.56 Å². The number of carboxylic acid groups (broad SMARTS) is 1. The molecule has 0 aromatic heterocycles. The molecule has 2 unspecified atom stereocenters. The van der Waals surface area contributed by atoms with Gasteiger partial charge in [0.15, 0.2) is 0 Å². The summed E-state index contributed by atoms with van der Waals surface area (Å²) in [7, 11) is 1.74. The Balaban J connectivity index is 2.81. The summed E-state index contributed by atoms with van der Waals surface area (Å²) in [5.41, 5.74) is 0.900. The van der Waals surface area contributed by atoms with Gasteiger partial charge in [-0.25, -0.2) is 4.39 Å². The number of carboxylic acids is 1. The summed E-state index contributed by atoms with van der Waals surface area (Å²) in [5.74, 6) is -1.15. The van der Waals surface area contributed by atoms with Gasteiger partial charge in [0.05, 0.1) is 0 Å². The second kappa shape index (κ2) is 5.07. The lowest BCUT2D eigenvalue weighted by Crippen LogP contribution is -2.37. The average Bonchev–Trinajstić information content (AvgIpc) is 2.27. The second-order valence-electron chi connectivity index (χ2n) is 3.91. The minimum absolute atomic E-state index is 0.0632. The molecule has 0 radical (unpaired) electrons. The largest absolute Gasteiger partial charge is 0.480 e. The van der Waals surface area contributed by atoms with E-state index in [1.54, 1.807) is 31.0 Å². The van der Waals surface area contributed by atoms with Crippen LogP contribution in [0.2, 0.25) is 0 Å². The van der Waals surface area contributed by atoms with Gasteiger partial charge < -0.3 is 5.11 Å². The Morgan fingerprint density at radius 1 is 1.31 bits per heavy atom. The molecule has 3 nitrogen and oxygen atoms in total. The summed E-state index contributed by atoms with van der Waals surface area (Å²) in [6, 6.07) is 5.47. The Kier molecular flexibility index (Phi) is 4.01. The van der Waals surface area contributed by atoms with Gasteiger partial charge in [0, 0.05) is 6.04 Å². The van der Waals surface area contributed by atoms with Gasteiger partial charge >= 0.3 is 5.97 Å². The SMILES string of the molecule is CC(C(=O)O)N(C)C(C)c1ccc(F)cc1. The number of nitrogens with zero attached hydrogens (tertiary/aromatic N) is 1. The van der Waals surface area contributed by atoms with Gasteiger partial charge in [-0.15, -0.1) is 0 Å². The lowest BCUT2D eigenvalue weighted by Gasteiger charge is -2.28. The van der Waals surface area contributed by atoms with Gasteiger partial charge in [-0.3, -0.25) is 9.69 Å². The summed E-state index contributed by atoms with van der Waals surface area (Å²) in [6.45, 7) is 3.52. The smallest absolute Gasteiger partial charge is 0.320 e. The molecule has 0 aliphatic heterocycles. The maximum absolute atomic E-state index is 12.7. The van der Waals surface area contributed by atoms with Crippen LogP contribution in [0.25, 0.3) is 0 Å². The van der Waals surface area contributed by atoms with Crippen LogP contribution in [0, 0.1) is 5.82 Å². The number of rotatable bonds is 4. The van der Waals surface area contributed by atoms with Crippen molar-refractivity contribution in [3.05, 3.63) is 35.6 Å². The van der Waals surface area contributed by atoms with Crippen LogP contribution in [0.5, 0.6) is 0 Å². The highest BCUT2D eigenvalue weighted by atomic mass is 19.1. The first-order valence-electron chi connectivity index (χ1n) is 5.13. The third-order valence-electron chi connectivity index (χ3n) is 2.93. The number of likely N-dealkylation sites (N-methyl/N-ethyl adjacent to an activating group) is 1. The summed E-state index contributed by atoms with van der Waals surface area (Å²) < 4.78 is 12.7. The molecule has 0 spiro atoms. The maximum atomic E-state index is 12.7. The molecule has 0 amide bonds. The summed E-state index contributed by atoms with van der Waals surface area (Å²) in [4.78, 5) is 12.6. The van der Waals surface area contributed by atoms with E-state index in [1.165, 1.54) is 12.1 Å². The highest BCUT2D eigenvalue weighted by Crippen LogP contribution is 2.20. The first kappa shape index (κ1) is 12.6. The standard InChI is InChI=1S/C12H16FNO2/c1-8(14(3)9(2)12(15)16)10-4-6-11(13)7-5-10/h4-9H,1-3H3,(H,15,16). The van der Waals surface area contributed by atoms with Crippen LogP contribution in [-0.2, 0) is 4.79 Å². The number of halogens is 1.